The van der Waals surface area contributed by atoms with E-state index in [1.807, 2.05) is 26.0 Å². The molecule has 0 aliphatic rings. The van der Waals surface area contributed by atoms with Gasteiger partial charge in [0.15, 0.2) is 0 Å². The van der Waals surface area contributed by atoms with Crippen LogP contribution in [0.25, 0.3) is 0 Å². The molecule has 1 amide bonds. The van der Waals surface area contributed by atoms with E-state index in [2.05, 4.69) is 10.9 Å². The van der Waals surface area contributed by atoms with Crippen LogP contribution < -0.4 is 15.6 Å². The molecule has 0 fully saturated rings. The van der Waals surface area contributed by atoms with Crippen molar-refractivity contribution in [2.45, 2.75) is 20.3 Å². The predicted octanol–water partition coefficient (Wildman–Crippen LogP) is 1.11. The minimum absolute atomic E-state index is 0.0780. The molecule has 4 nitrogen and oxygen atoms in total. The van der Waals surface area contributed by atoms with Crippen molar-refractivity contribution in [3.8, 4) is 5.75 Å². The third kappa shape index (κ3) is 2.97. The first-order valence-electron chi connectivity index (χ1n) is 5.18. The number of carbonyl (C=O) groups excluding carboxylic acids is 1. The second-order valence-electron chi connectivity index (χ2n) is 3.75. The highest BCUT2D eigenvalue weighted by molar-refractivity contribution is 5.79. The van der Waals surface area contributed by atoms with Crippen LogP contribution in [0.1, 0.15) is 16.7 Å². The molecule has 0 spiro atoms. The van der Waals surface area contributed by atoms with Crippen molar-refractivity contribution in [2.24, 2.45) is 0 Å². The molecule has 0 atom stereocenters. The Kier molecular flexibility index (Phi) is 4.31. The molecule has 16 heavy (non-hydrogen) atoms. The van der Waals surface area contributed by atoms with E-state index in [9.17, 15) is 4.79 Å². The highest BCUT2D eigenvalue weighted by Crippen LogP contribution is 2.25. The smallest absolute Gasteiger partial charge is 0.238 e. The Balaban J connectivity index is 2.97. The number of aryl methyl sites for hydroxylation is 2. The van der Waals surface area contributed by atoms with Crippen molar-refractivity contribution in [3.63, 3.8) is 0 Å². The third-order valence-electron chi connectivity index (χ3n) is 2.32. The fraction of sp³-hybridized carbons (Fsp3) is 0.417. The van der Waals surface area contributed by atoms with Crippen molar-refractivity contribution in [2.75, 3.05) is 14.2 Å². The fourth-order valence-corrected chi connectivity index (χ4v) is 1.82. The highest BCUT2D eigenvalue weighted by Gasteiger charge is 2.11. The lowest BCUT2D eigenvalue weighted by molar-refractivity contribution is -0.121. The number of nitrogens with one attached hydrogen (secondary N) is 2. The molecule has 1 rings (SSSR count). The second-order valence-corrected chi connectivity index (χ2v) is 3.75. The molecule has 0 radical (unpaired) electrons. The Bertz CT molecular complexity index is 389. The van der Waals surface area contributed by atoms with Gasteiger partial charge in [-0.2, -0.15) is 0 Å². The largest absolute Gasteiger partial charge is 0.496 e. The molecule has 4 heteroatoms. The van der Waals surface area contributed by atoms with Gasteiger partial charge in [-0.3, -0.25) is 10.2 Å². The third-order valence-corrected chi connectivity index (χ3v) is 2.32. The van der Waals surface area contributed by atoms with E-state index in [0.29, 0.717) is 6.42 Å². The number of hydrazine groups is 1. The van der Waals surface area contributed by atoms with Crippen molar-refractivity contribution in [1.29, 1.82) is 0 Å². The van der Waals surface area contributed by atoms with E-state index < -0.39 is 0 Å². The molecule has 0 bridgehead atoms. The molecule has 0 aliphatic heterocycles. The summed E-state index contributed by atoms with van der Waals surface area (Å²) in [5, 5.41) is 0. The first kappa shape index (κ1) is 12.5. The standard InChI is InChI=1S/C12H18N2O2/c1-8-5-9(2)12(16-4)10(6-8)7-11(15)14-13-3/h5-6,13H,7H2,1-4H3,(H,14,15). The second kappa shape index (κ2) is 5.51. The predicted molar refractivity (Wildman–Crippen MR) is 63.4 cm³/mol. The first-order chi connectivity index (χ1) is 7.58. The van der Waals surface area contributed by atoms with Crippen LogP contribution >= 0.6 is 0 Å². The van der Waals surface area contributed by atoms with E-state index in [1.54, 1.807) is 14.2 Å². The number of hydrogen-bond donors (Lipinski definition) is 2. The SMILES string of the molecule is CNNC(=O)Cc1cc(C)cc(C)c1OC. The number of rotatable bonds is 4. The lowest BCUT2D eigenvalue weighted by Crippen LogP contribution is -2.35. The fourth-order valence-electron chi connectivity index (χ4n) is 1.82. The van der Waals surface area contributed by atoms with Gasteiger partial charge in [0.05, 0.1) is 13.5 Å². The average molecular weight is 222 g/mol. The Morgan fingerprint density at radius 2 is 2.06 bits per heavy atom. The van der Waals surface area contributed by atoms with E-state index >= 15 is 0 Å². The highest BCUT2D eigenvalue weighted by atomic mass is 16.5. The van der Waals surface area contributed by atoms with Gasteiger partial charge in [0.1, 0.15) is 5.75 Å². The number of ether oxygens (including phenoxy) is 1. The van der Waals surface area contributed by atoms with Crippen molar-refractivity contribution >= 4 is 5.91 Å². The molecule has 0 aromatic heterocycles. The number of carbonyl (C=O) groups is 1. The summed E-state index contributed by atoms with van der Waals surface area (Å²) < 4.78 is 5.31. The zero-order valence-corrected chi connectivity index (χ0v) is 10.2. The van der Waals surface area contributed by atoms with Crippen molar-refractivity contribution in [1.82, 2.24) is 10.9 Å². The Hall–Kier alpha value is -1.55. The van der Waals surface area contributed by atoms with E-state index in [4.69, 9.17) is 4.74 Å². The summed E-state index contributed by atoms with van der Waals surface area (Å²) in [4.78, 5) is 11.5. The zero-order chi connectivity index (χ0) is 12.1. The van der Waals surface area contributed by atoms with Crippen molar-refractivity contribution in [3.05, 3.63) is 28.8 Å². The molecule has 1 aromatic carbocycles. The van der Waals surface area contributed by atoms with Gasteiger partial charge in [-0.15, -0.1) is 0 Å². The molecule has 2 N–H and O–H groups in total. The maximum Gasteiger partial charge on any atom is 0.238 e. The van der Waals surface area contributed by atoms with Gasteiger partial charge in [0.2, 0.25) is 5.91 Å². The van der Waals surface area contributed by atoms with Crippen LogP contribution in [-0.2, 0) is 11.2 Å². The number of hydrogen-bond acceptors (Lipinski definition) is 3. The summed E-state index contributed by atoms with van der Waals surface area (Å²) >= 11 is 0. The average Bonchev–Trinajstić information content (AvgIpc) is 2.17. The lowest BCUT2D eigenvalue weighted by atomic mass is 10.0. The molecule has 1 aromatic rings. The first-order valence-corrected chi connectivity index (χ1v) is 5.18. The molecule has 0 saturated heterocycles. The van der Waals surface area contributed by atoms with Crippen LogP contribution in [0.5, 0.6) is 5.75 Å². The van der Waals surface area contributed by atoms with Crippen LogP contribution in [0.4, 0.5) is 0 Å². The van der Waals surface area contributed by atoms with Gasteiger partial charge < -0.3 is 4.74 Å². The molecule has 0 heterocycles. The zero-order valence-electron chi connectivity index (χ0n) is 10.2. The summed E-state index contributed by atoms with van der Waals surface area (Å²) in [6, 6.07) is 4.01. The van der Waals surface area contributed by atoms with Crippen LogP contribution in [0.3, 0.4) is 0 Å². The minimum atomic E-state index is -0.0780. The molecule has 0 unspecified atom stereocenters. The summed E-state index contributed by atoms with van der Waals surface area (Å²) in [5.41, 5.74) is 8.24. The summed E-state index contributed by atoms with van der Waals surface area (Å²) in [6.45, 7) is 3.98. The van der Waals surface area contributed by atoms with E-state index in [1.165, 1.54) is 0 Å². The van der Waals surface area contributed by atoms with Gasteiger partial charge in [-0.1, -0.05) is 17.7 Å². The summed E-state index contributed by atoms with van der Waals surface area (Å²) in [6.07, 6.45) is 0.312. The van der Waals surface area contributed by atoms with Crippen LogP contribution in [-0.4, -0.2) is 20.1 Å². The van der Waals surface area contributed by atoms with Gasteiger partial charge in [-0.25, -0.2) is 5.43 Å². The molecule has 0 saturated carbocycles. The molecule has 88 valence electrons. The summed E-state index contributed by atoms with van der Waals surface area (Å²) in [5.74, 6) is 0.711. The molecule has 0 aliphatic carbocycles. The lowest BCUT2D eigenvalue weighted by Gasteiger charge is -2.12. The van der Waals surface area contributed by atoms with Gasteiger partial charge in [0, 0.05) is 12.6 Å². The number of methoxy groups -OCH3 is 1. The maximum absolute atomic E-state index is 11.5. The Morgan fingerprint density at radius 3 is 2.62 bits per heavy atom. The topological polar surface area (TPSA) is 50.4 Å². The Labute approximate surface area is 96.0 Å². The normalized spacial score (nSPS) is 10.0. The van der Waals surface area contributed by atoms with Crippen LogP contribution in [0, 0.1) is 13.8 Å². The number of benzene rings is 1. The van der Waals surface area contributed by atoms with Crippen molar-refractivity contribution < 1.29 is 9.53 Å². The quantitative estimate of drug-likeness (QED) is 0.750. The monoisotopic (exact) mass is 222 g/mol. The maximum atomic E-state index is 11.5. The number of amides is 1. The van der Waals surface area contributed by atoms with Gasteiger partial charge in [0.25, 0.3) is 0 Å². The van der Waals surface area contributed by atoms with E-state index in [-0.39, 0.29) is 5.91 Å². The minimum Gasteiger partial charge on any atom is -0.496 e. The van der Waals surface area contributed by atoms with Crippen LogP contribution in [0.15, 0.2) is 12.1 Å². The molecular weight excluding hydrogens is 204 g/mol. The van der Waals surface area contributed by atoms with Gasteiger partial charge in [-0.05, 0) is 19.4 Å². The van der Waals surface area contributed by atoms with Crippen LogP contribution in [0.2, 0.25) is 0 Å². The molecular formula is C12H18N2O2. The summed E-state index contributed by atoms with van der Waals surface area (Å²) in [7, 11) is 3.29. The Morgan fingerprint density at radius 1 is 1.38 bits per heavy atom. The van der Waals surface area contributed by atoms with E-state index in [0.717, 1.165) is 22.4 Å². The van der Waals surface area contributed by atoms with Gasteiger partial charge >= 0.3 is 0 Å².